The van der Waals surface area contributed by atoms with Crippen molar-refractivity contribution in [3.8, 4) is 0 Å². The Kier molecular flexibility index (Phi) is 3.68. The van der Waals surface area contributed by atoms with Crippen LogP contribution in [0.4, 0.5) is 0 Å². The Morgan fingerprint density at radius 1 is 1.47 bits per heavy atom. The molecule has 15 heavy (non-hydrogen) atoms. The zero-order valence-corrected chi connectivity index (χ0v) is 8.99. The molecule has 0 aromatic heterocycles. The number of carbonyl (C=O) groups excluding carboxylic acids is 2. The van der Waals surface area contributed by atoms with Crippen molar-refractivity contribution in [2.24, 2.45) is 0 Å². The average molecular weight is 216 g/mol. The molecule has 0 radical (unpaired) electrons. The predicted octanol–water partition coefficient (Wildman–Crippen LogP) is 0.396. The number of rotatable bonds is 2. The largest absolute Gasteiger partial charge is 0.466 e. The number of ether oxygens (including phenoxy) is 2. The van der Waals surface area contributed by atoms with Crippen LogP contribution in [0.15, 0.2) is 0 Å². The van der Waals surface area contributed by atoms with E-state index in [0.717, 1.165) is 0 Å². The number of methoxy groups -OCH3 is 1. The summed E-state index contributed by atoms with van der Waals surface area (Å²) < 4.78 is 9.64. The van der Waals surface area contributed by atoms with Crippen LogP contribution in [0.1, 0.15) is 32.6 Å². The molecule has 0 aromatic carbocycles. The van der Waals surface area contributed by atoms with Crippen molar-refractivity contribution in [3.05, 3.63) is 0 Å². The lowest BCUT2D eigenvalue weighted by Gasteiger charge is -2.35. The molecule has 1 saturated carbocycles. The van der Waals surface area contributed by atoms with E-state index in [1.807, 2.05) is 0 Å². The van der Waals surface area contributed by atoms with Crippen LogP contribution in [0, 0.1) is 0 Å². The third-order valence-electron chi connectivity index (χ3n) is 2.58. The molecule has 1 N–H and O–H groups in total. The smallest absolute Gasteiger partial charge is 0.350 e. The molecule has 0 amide bonds. The molecule has 1 aliphatic rings. The summed E-state index contributed by atoms with van der Waals surface area (Å²) in [7, 11) is 1.24. The molecular formula is C10H16O5. The van der Waals surface area contributed by atoms with Crippen LogP contribution in [-0.2, 0) is 19.1 Å². The van der Waals surface area contributed by atoms with Gasteiger partial charge in [0.1, 0.15) is 0 Å². The molecule has 5 heteroatoms. The van der Waals surface area contributed by atoms with Crippen LogP contribution in [0.3, 0.4) is 0 Å². The van der Waals surface area contributed by atoms with Gasteiger partial charge < -0.3 is 14.6 Å². The summed E-state index contributed by atoms with van der Waals surface area (Å²) in [5, 5.41) is 9.50. The lowest BCUT2D eigenvalue weighted by atomic mass is 9.83. The number of carbonyl (C=O) groups is 2. The first-order chi connectivity index (χ1) is 7.00. The van der Waals surface area contributed by atoms with Crippen molar-refractivity contribution < 1.29 is 24.2 Å². The molecule has 1 aliphatic carbocycles. The first-order valence-electron chi connectivity index (χ1n) is 4.96. The minimum absolute atomic E-state index is 0.124. The minimum Gasteiger partial charge on any atom is -0.466 e. The Morgan fingerprint density at radius 3 is 2.60 bits per heavy atom. The number of aliphatic hydroxyl groups is 1. The van der Waals surface area contributed by atoms with E-state index in [2.05, 4.69) is 4.74 Å². The number of hydrogen-bond acceptors (Lipinski definition) is 5. The molecule has 0 saturated heterocycles. The molecule has 0 spiro atoms. The normalized spacial score (nSPS) is 30.7. The molecule has 86 valence electrons. The van der Waals surface area contributed by atoms with Gasteiger partial charge in [-0.05, 0) is 19.3 Å². The van der Waals surface area contributed by atoms with Gasteiger partial charge in [-0.25, -0.2) is 4.79 Å². The van der Waals surface area contributed by atoms with Crippen molar-refractivity contribution >= 4 is 11.9 Å². The Bertz CT molecular complexity index is 263. The monoisotopic (exact) mass is 216 g/mol. The Balaban J connectivity index is 2.84. The van der Waals surface area contributed by atoms with Gasteiger partial charge in [0.05, 0.1) is 13.2 Å². The quantitative estimate of drug-likeness (QED) is 0.676. The maximum atomic E-state index is 11.6. The van der Waals surface area contributed by atoms with Gasteiger partial charge in [-0.15, -0.1) is 0 Å². The molecular weight excluding hydrogens is 200 g/mol. The van der Waals surface area contributed by atoms with Crippen molar-refractivity contribution in [3.63, 3.8) is 0 Å². The third-order valence-corrected chi connectivity index (χ3v) is 2.58. The van der Waals surface area contributed by atoms with Crippen LogP contribution in [-0.4, -0.2) is 35.9 Å². The van der Waals surface area contributed by atoms with Crippen LogP contribution in [0.2, 0.25) is 0 Å². The van der Waals surface area contributed by atoms with E-state index in [1.165, 1.54) is 14.0 Å². The summed E-state index contributed by atoms with van der Waals surface area (Å²) in [6.45, 7) is 1.24. The van der Waals surface area contributed by atoms with Crippen LogP contribution in [0.25, 0.3) is 0 Å². The summed E-state index contributed by atoms with van der Waals surface area (Å²) >= 11 is 0. The zero-order valence-electron chi connectivity index (χ0n) is 8.99. The van der Waals surface area contributed by atoms with Crippen molar-refractivity contribution in [2.45, 2.75) is 44.3 Å². The lowest BCUT2D eigenvalue weighted by Crippen LogP contribution is -2.48. The summed E-state index contributed by atoms with van der Waals surface area (Å²) in [5.41, 5.74) is -1.28. The Morgan fingerprint density at radius 2 is 2.13 bits per heavy atom. The van der Waals surface area contributed by atoms with Gasteiger partial charge in [0.2, 0.25) is 5.60 Å². The summed E-state index contributed by atoms with van der Waals surface area (Å²) in [6, 6.07) is 0. The Labute approximate surface area is 88.4 Å². The molecule has 1 fully saturated rings. The molecule has 0 heterocycles. The number of aliphatic hydroxyl groups excluding tert-OH is 1. The fourth-order valence-corrected chi connectivity index (χ4v) is 1.99. The van der Waals surface area contributed by atoms with E-state index in [4.69, 9.17) is 4.74 Å². The van der Waals surface area contributed by atoms with Crippen LogP contribution < -0.4 is 0 Å². The van der Waals surface area contributed by atoms with Gasteiger partial charge in [-0.3, -0.25) is 4.79 Å². The highest BCUT2D eigenvalue weighted by atomic mass is 16.6. The van der Waals surface area contributed by atoms with E-state index in [0.29, 0.717) is 19.3 Å². The highest BCUT2D eigenvalue weighted by Gasteiger charge is 2.46. The predicted molar refractivity (Wildman–Crippen MR) is 51.0 cm³/mol. The highest BCUT2D eigenvalue weighted by molar-refractivity contribution is 5.83. The first-order valence-corrected chi connectivity index (χ1v) is 4.96. The third kappa shape index (κ3) is 2.68. The second-order valence-corrected chi connectivity index (χ2v) is 3.83. The topological polar surface area (TPSA) is 72.8 Å². The van der Waals surface area contributed by atoms with Crippen LogP contribution >= 0.6 is 0 Å². The summed E-state index contributed by atoms with van der Waals surface area (Å²) in [4.78, 5) is 22.5. The van der Waals surface area contributed by atoms with Crippen LogP contribution in [0.5, 0.6) is 0 Å². The van der Waals surface area contributed by atoms with E-state index in [-0.39, 0.29) is 6.42 Å². The molecule has 1 rings (SSSR count). The van der Waals surface area contributed by atoms with E-state index in [1.54, 1.807) is 0 Å². The molecule has 2 unspecified atom stereocenters. The van der Waals surface area contributed by atoms with Crippen molar-refractivity contribution in [2.75, 3.05) is 7.11 Å². The maximum absolute atomic E-state index is 11.6. The van der Waals surface area contributed by atoms with Gasteiger partial charge in [-0.1, -0.05) is 0 Å². The fraction of sp³-hybridized carbons (Fsp3) is 0.800. The van der Waals surface area contributed by atoms with E-state index >= 15 is 0 Å². The fourth-order valence-electron chi connectivity index (χ4n) is 1.99. The van der Waals surface area contributed by atoms with E-state index in [9.17, 15) is 14.7 Å². The second kappa shape index (κ2) is 4.61. The molecule has 2 atom stereocenters. The molecule has 0 aliphatic heterocycles. The van der Waals surface area contributed by atoms with Gasteiger partial charge >= 0.3 is 11.9 Å². The molecule has 5 nitrogen and oxygen atoms in total. The number of esters is 2. The lowest BCUT2D eigenvalue weighted by molar-refractivity contribution is -0.187. The van der Waals surface area contributed by atoms with Gasteiger partial charge in [-0.2, -0.15) is 0 Å². The second-order valence-electron chi connectivity index (χ2n) is 3.83. The minimum atomic E-state index is -1.28. The first kappa shape index (κ1) is 12.0. The summed E-state index contributed by atoms with van der Waals surface area (Å²) in [5.74, 6) is -1.12. The molecule has 0 aromatic rings. The highest BCUT2D eigenvalue weighted by Crippen LogP contribution is 2.33. The Hall–Kier alpha value is -1.10. The molecule has 0 bridgehead atoms. The zero-order chi connectivity index (χ0) is 11.5. The van der Waals surface area contributed by atoms with Gasteiger partial charge in [0, 0.05) is 13.3 Å². The van der Waals surface area contributed by atoms with Crippen molar-refractivity contribution in [1.29, 1.82) is 0 Å². The van der Waals surface area contributed by atoms with Crippen molar-refractivity contribution in [1.82, 2.24) is 0 Å². The standard InChI is InChI=1S/C10H16O5/c1-7(11)15-10(9(13)14-2)5-3-4-8(12)6-10/h8,12H,3-6H2,1-2H3. The van der Waals surface area contributed by atoms with Gasteiger partial charge in [0.15, 0.2) is 0 Å². The maximum Gasteiger partial charge on any atom is 0.350 e. The van der Waals surface area contributed by atoms with E-state index < -0.39 is 23.6 Å². The number of hydrogen-bond donors (Lipinski definition) is 1. The summed E-state index contributed by atoms with van der Waals surface area (Å²) in [6.07, 6.45) is 1.19. The van der Waals surface area contributed by atoms with Gasteiger partial charge in [0.25, 0.3) is 0 Å². The average Bonchev–Trinajstić information content (AvgIpc) is 2.15. The SMILES string of the molecule is COC(=O)C1(OC(C)=O)CCCC(O)C1.